The zero-order valence-corrected chi connectivity index (χ0v) is 10.2. The van der Waals surface area contributed by atoms with Gasteiger partial charge in [0, 0.05) is 23.1 Å². The van der Waals surface area contributed by atoms with Crippen LogP contribution in [0.15, 0.2) is 57.8 Å². The first-order valence-electron chi connectivity index (χ1n) is 5.27. The number of halogens is 1. The molecule has 1 nitrogen and oxygen atoms in total. The van der Waals surface area contributed by atoms with Gasteiger partial charge < -0.3 is 0 Å². The van der Waals surface area contributed by atoms with E-state index in [2.05, 4.69) is 4.40 Å². The summed E-state index contributed by atoms with van der Waals surface area (Å²) in [6.45, 7) is 2.04. The molecule has 3 heteroatoms. The molecule has 17 heavy (non-hydrogen) atoms. The summed E-state index contributed by atoms with van der Waals surface area (Å²) in [6, 6.07) is 14.4. The number of benzene rings is 2. The monoisotopic (exact) mass is 245 g/mol. The molecule has 0 heterocycles. The Morgan fingerprint density at radius 1 is 1.12 bits per heavy atom. The number of nitrogens with zero attached hydrogens (tertiary/aromatic N) is 1. The Kier molecular flexibility index (Phi) is 3.94. The van der Waals surface area contributed by atoms with Crippen LogP contribution in [-0.4, -0.2) is 6.21 Å². The van der Waals surface area contributed by atoms with Gasteiger partial charge in [0.2, 0.25) is 0 Å². The number of aryl methyl sites for hydroxylation is 1. The SMILES string of the molecule is Cc1ccccc1S/N=C/c1cccc(F)c1. The smallest absolute Gasteiger partial charge is 0.123 e. The summed E-state index contributed by atoms with van der Waals surface area (Å²) < 4.78 is 17.2. The molecule has 0 atom stereocenters. The molecule has 0 unspecified atom stereocenters. The van der Waals surface area contributed by atoms with Gasteiger partial charge in [0.05, 0.1) is 0 Å². The van der Waals surface area contributed by atoms with Crippen molar-refractivity contribution in [1.82, 2.24) is 0 Å². The van der Waals surface area contributed by atoms with Gasteiger partial charge in [0.25, 0.3) is 0 Å². The first-order chi connectivity index (χ1) is 8.25. The molecule has 0 radical (unpaired) electrons. The molecule has 2 rings (SSSR count). The third-order valence-corrected chi connectivity index (χ3v) is 3.16. The Hall–Kier alpha value is -1.61. The van der Waals surface area contributed by atoms with Crippen molar-refractivity contribution >= 4 is 18.2 Å². The summed E-state index contributed by atoms with van der Waals surface area (Å²) in [5.41, 5.74) is 1.96. The zero-order chi connectivity index (χ0) is 12.1. The van der Waals surface area contributed by atoms with E-state index in [0.29, 0.717) is 0 Å². The van der Waals surface area contributed by atoms with Gasteiger partial charge in [0.1, 0.15) is 5.82 Å². The molecule has 0 saturated heterocycles. The lowest BCUT2D eigenvalue weighted by atomic mass is 10.2. The largest absolute Gasteiger partial charge is 0.219 e. The molecule has 2 aromatic rings. The highest BCUT2D eigenvalue weighted by atomic mass is 32.2. The minimum atomic E-state index is -0.241. The van der Waals surface area contributed by atoms with Gasteiger partial charge in [-0.1, -0.05) is 30.3 Å². The van der Waals surface area contributed by atoms with Crippen molar-refractivity contribution in [1.29, 1.82) is 0 Å². The second-order valence-electron chi connectivity index (χ2n) is 3.65. The summed E-state index contributed by atoms with van der Waals surface area (Å²) >= 11 is 1.39. The van der Waals surface area contributed by atoms with E-state index < -0.39 is 0 Å². The molecule has 0 amide bonds. The van der Waals surface area contributed by atoms with E-state index in [4.69, 9.17) is 0 Å². The molecule has 0 aromatic heterocycles. The first kappa shape index (κ1) is 11.9. The standard InChI is InChI=1S/C14H12FNS/c1-11-5-2-3-8-14(11)17-16-10-12-6-4-7-13(15)9-12/h2-10H,1H3/b16-10+. The van der Waals surface area contributed by atoms with Crippen molar-refractivity contribution in [2.45, 2.75) is 11.8 Å². The molecule has 0 aliphatic heterocycles. The first-order valence-corrected chi connectivity index (χ1v) is 6.04. The van der Waals surface area contributed by atoms with Crippen molar-refractivity contribution in [3.05, 3.63) is 65.5 Å². The van der Waals surface area contributed by atoms with Crippen LogP contribution < -0.4 is 0 Å². The highest BCUT2D eigenvalue weighted by Crippen LogP contribution is 2.22. The van der Waals surface area contributed by atoms with Crippen LogP contribution >= 0.6 is 11.9 Å². The number of hydrogen-bond acceptors (Lipinski definition) is 2. The molecular formula is C14H12FNS. The van der Waals surface area contributed by atoms with Gasteiger partial charge in [-0.25, -0.2) is 8.79 Å². The Bertz CT molecular complexity index is 537. The van der Waals surface area contributed by atoms with Crippen LogP contribution in [0.4, 0.5) is 4.39 Å². The maximum atomic E-state index is 12.9. The zero-order valence-electron chi connectivity index (χ0n) is 9.43. The average molecular weight is 245 g/mol. The van der Waals surface area contributed by atoms with Crippen molar-refractivity contribution in [3.63, 3.8) is 0 Å². The summed E-state index contributed by atoms with van der Waals surface area (Å²) in [4.78, 5) is 1.11. The predicted molar refractivity (Wildman–Crippen MR) is 71.0 cm³/mol. The van der Waals surface area contributed by atoms with Crippen molar-refractivity contribution < 1.29 is 4.39 Å². The second kappa shape index (κ2) is 5.64. The molecular weight excluding hydrogens is 233 g/mol. The maximum absolute atomic E-state index is 12.9. The molecule has 86 valence electrons. The minimum absolute atomic E-state index is 0.241. The third-order valence-electron chi connectivity index (χ3n) is 2.30. The van der Waals surface area contributed by atoms with Crippen molar-refractivity contribution in [2.75, 3.05) is 0 Å². The Balaban J connectivity index is 2.06. The van der Waals surface area contributed by atoms with Gasteiger partial charge >= 0.3 is 0 Å². The lowest BCUT2D eigenvalue weighted by Crippen LogP contribution is -1.82. The van der Waals surface area contributed by atoms with Gasteiger partial charge in [-0.3, -0.25) is 0 Å². The van der Waals surface area contributed by atoms with Crippen LogP contribution in [0.3, 0.4) is 0 Å². The van der Waals surface area contributed by atoms with E-state index >= 15 is 0 Å². The molecule has 0 N–H and O–H groups in total. The highest BCUT2D eigenvalue weighted by molar-refractivity contribution is 7.98. The van der Waals surface area contributed by atoms with Crippen molar-refractivity contribution in [2.24, 2.45) is 4.40 Å². The average Bonchev–Trinajstić information content (AvgIpc) is 2.32. The lowest BCUT2D eigenvalue weighted by molar-refractivity contribution is 0.627. The Morgan fingerprint density at radius 2 is 1.94 bits per heavy atom. The van der Waals surface area contributed by atoms with E-state index in [9.17, 15) is 4.39 Å². The summed E-state index contributed by atoms with van der Waals surface area (Å²) in [5, 5.41) is 0. The molecule has 0 spiro atoms. The molecule has 0 aliphatic rings. The fraction of sp³-hybridized carbons (Fsp3) is 0.0714. The van der Waals surface area contributed by atoms with Gasteiger partial charge in [-0.05, 0) is 36.2 Å². The summed E-state index contributed by atoms with van der Waals surface area (Å²) in [5.74, 6) is -0.241. The number of hydrogen-bond donors (Lipinski definition) is 0. The molecule has 2 aromatic carbocycles. The topological polar surface area (TPSA) is 12.4 Å². The van der Waals surface area contributed by atoms with E-state index in [0.717, 1.165) is 10.5 Å². The Morgan fingerprint density at radius 3 is 2.71 bits per heavy atom. The molecule has 0 saturated carbocycles. The summed E-state index contributed by atoms with van der Waals surface area (Å²) in [7, 11) is 0. The van der Waals surface area contributed by atoms with Crippen molar-refractivity contribution in [3.8, 4) is 0 Å². The van der Waals surface area contributed by atoms with Gasteiger partial charge in [-0.2, -0.15) is 0 Å². The van der Waals surface area contributed by atoms with E-state index in [1.54, 1.807) is 12.3 Å². The fourth-order valence-corrected chi connectivity index (χ4v) is 2.03. The van der Waals surface area contributed by atoms with Crippen LogP contribution in [0.1, 0.15) is 11.1 Å². The Labute approximate surface area is 105 Å². The minimum Gasteiger partial charge on any atom is -0.219 e. The van der Waals surface area contributed by atoms with E-state index in [-0.39, 0.29) is 5.82 Å². The van der Waals surface area contributed by atoms with Crippen LogP contribution in [0.2, 0.25) is 0 Å². The molecule has 0 fully saturated rings. The predicted octanol–water partition coefficient (Wildman–Crippen LogP) is 4.26. The van der Waals surface area contributed by atoms with Gasteiger partial charge in [-0.15, -0.1) is 0 Å². The van der Waals surface area contributed by atoms with E-state index in [1.807, 2.05) is 37.3 Å². The summed E-state index contributed by atoms with van der Waals surface area (Å²) in [6.07, 6.45) is 1.67. The highest BCUT2D eigenvalue weighted by Gasteiger charge is 1.95. The lowest BCUT2D eigenvalue weighted by Gasteiger charge is -1.99. The number of rotatable bonds is 3. The fourth-order valence-electron chi connectivity index (χ4n) is 1.39. The second-order valence-corrected chi connectivity index (χ2v) is 4.48. The molecule has 0 bridgehead atoms. The van der Waals surface area contributed by atoms with Crippen LogP contribution in [-0.2, 0) is 0 Å². The van der Waals surface area contributed by atoms with Crippen LogP contribution in [0.5, 0.6) is 0 Å². The van der Waals surface area contributed by atoms with Crippen LogP contribution in [0, 0.1) is 12.7 Å². The molecule has 0 aliphatic carbocycles. The van der Waals surface area contributed by atoms with Gasteiger partial charge in [0.15, 0.2) is 0 Å². The van der Waals surface area contributed by atoms with Crippen LogP contribution in [0.25, 0.3) is 0 Å². The maximum Gasteiger partial charge on any atom is 0.123 e. The normalized spacial score (nSPS) is 10.9. The van der Waals surface area contributed by atoms with E-state index in [1.165, 1.54) is 29.6 Å². The quantitative estimate of drug-likeness (QED) is 0.581. The third kappa shape index (κ3) is 3.43.